The molecular weight excluding hydrogens is 180 g/mol. The summed E-state index contributed by atoms with van der Waals surface area (Å²) in [5.41, 5.74) is 0.672. The van der Waals surface area contributed by atoms with Crippen LogP contribution in [0.3, 0.4) is 0 Å². The van der Waals surface area contributed by atoms with E-state index in [4.69, 9.17) is 0 Å². The summed E-state index contributed by atoms with van der Waals surface area (Å²) in [6, 6.07) is 0. The molecule has 1 rings (SSSR count). The van der Waals surface area contributed by atoms with E-state index >= 15 is 0 Å². The average molecular weight is 210 g/mol. The zero-order valence-corrected chi connectivity index (χ0v) is 11.1. The third-order valence-corrected chi connectivity index (χ3v) is 4.51. The van der Waals surface area contributed by atoms with Crippen molar-refractivity contribution >= 4 is 0 Å². The Kier molecular flexibility index (Phi) is 5.71. The molecular formula is C15H30. The van der Waals surface area contributed by atoms with Crippen molar-refractivity contribution < 1.29 is 0 Å². The van der Waals surface area contributed by atoms with E-state index in [0.717, 1.165) is 5.92 Å². The maximum Gasteiger partial charge on any atom is -0.0298 e. The molecule has 0 N–H and O–H groups in total. The second-order valence-electron chi connectivity index (χ2n) is 5.84. The van der Waals surface area contributed by atoms with E-state index in [0.29, 0.717) is 5.41 Å². The molecule has 0 nitrogen and oxygen atoms in total. The van der Waals surface area contributed by atoms with E-state index in [1.165, 1.54) is 64.2 Å². The van der Waals surface area contributed by atoms with Gasteiger partial charge in [-0.05, 0) is 37.0 Å². The molecule has 0 aromatic heterocycles. The van der Waals surface area contributed by atoms with Crippen molar-refractivity contribution in [1.29, 1.82) is 0 Å². The zero-order valence-electron chi connectivity index (χ0n) is 11.1. The van der Waals surface area contributed by atoms with Crippen LogP contribution in [-0.2, 0) is 0 Å². The second kappa shape index (κ2) is 6.55. The van der Waals surface area contributed by atoms with Gasteiger partial charge in [0, 0.05) is 0 Å². The van der Waals surface area contributed by atoms with Crippen LogP contribution in [0.15, 0.2) is 0 Å². The van der Waals surface area contributed by atoms with Crippen molar-refractivity contribution in [1.82, 2.24) is 0 Å². The monoisotopic (exact) mass is 210 g/mol. The molecule has 0 aromatic carbocycles. The quantitative estimate of drug-likeness (QED) is 0.538. The first kappa shape index (κ1) is 13.1. The van der Waals surface area contributed by atoms with Crippen molar-refractivity contribution in [3.05, 3.63) is 0 Å². The number of hydrogen-bond acceptors (Lipinski definition) is 0. The Morgan fingerprint density at radius 1 is 0.933 bits per heavy atom. The molecule has 0 aromatic rings. The van der Waals surface area contributed by atoms with Crippen LogP contribution < -0.4 is 0 Å². The molecule has 0 amide bonds. The van der Waals surface area contributed by atoms with Gasteiger partial charge in [-0.15, -0.1) is 0 Å². The minimum Gasteiger partial charge on any atom is -0.0654 e. The van der Waals surface area contributed by atoms with Crippen molar-refractivity contribution in [2.24, 2.45) is 11.3 Å². The largest absolute Gasteiger partial charge is 0.0654 e. The molecule has 0 spiro atoms. The molecule has 90 valence electrons. The van der Waals surface area contributed by atoms with Gasteiger partial charge in [0.2, 0.25) is 0 Å². The Morgan fingerprint density at radius 3 is 2.13 bits per heavy atom. The lowest BCUT2D eigenvalue weighted by Gasteiger charge is -2.40. The van der Waals surface area contributed by atoms with Crippen LogP contribution in [-0.4, -0.2) is 0 Å². The molecule has 0 radical (unpaired) electrons. The van der Waals surface area contributed by atoms with E-state index in [9.17, 15) is 0 Å². The predicted octanol–water partition coefficient (Wildman–Crippen LogP) is 5.56. The third kappa shape index (κ3) is 3.81. The first-order valence-electron chi connectivity index (χ1n) is 7.23. The van der Waals surface area contributed by atoms with E-state index in [-0.39, 0.29) is 0 Å². The number of hydrogen-bond donors (Lipinski definition) is 0. The molecule has 1 unspecified atom stereocenters. The Balaban J connectivity index is 2.52. The van der Waals surface area contributed by atoms with Crippen LogP contribution in [0.25, 0.3) is 0 Å². The Morgan fingerprint density at radius 2 is 1.60 bits per heavy atom. The van der Waals surface area contributed by atoms with Crippen molar-refractivity contribution in [2.45, 2.75) is 85.0 Å². The van der Waals surface area contributed by atoms with Gasteiger partial charge in [-0.25, -0.2) is 0 Å². The zero-order chi connectivity index (χ0) is 11.1. The fourth-order valence-electron chi connectivity index (χ4n) is 3.48. The minimum atomic E-state index is 0.672. The molecule has 1 aliphatic rings. The highest BCUT2D eigenvalue weighted by Crippen LogP contribution is 2.44. The van der Waals surface area contributed by atoms with Crippen molar-refractivity contribution in [3.8, 4) is 0 Å². The van der Waals surface area contributed by atoms with Gasteiger partial charge in [-0.3, -0.25) is 0 Å². The average Bonchev–Trinajstić information content (AvgIpc) is 2.28. The highest BCUT2D eigenvalue weighted by molar-refractivity contribution is 4.84. The fourth-order valence-corrected chi connectivity index (χ4v) is 3.48. The molecule has 1 fully saturated rings. The normalized spacial score (nSPS) is 22.6. The standard InChI is InChI=1S/C15H30/c1-4-6-13-15(3,12-5-2)14-10-8-7-9-11-14/h14H,4-13H2,1-3H3. The highest BCUT2D eigenvalue weighted by atomic mass is 14.4. The summed E-state index contributed by atoms with van der Waals surface area (Å²) < 4.78 is 0. The van der Waals surface area contributed by atoms with E-state index in [1.54, 1.807) is 0 Å². The summed E-state index contributed by atoms with van der Waals surface area (Å²) >= 11 is 0. The maximum atomic E-state index is 2.57. The first-order valence-corrected chi connectivity index (χ1v) is 7.23. The topological polar surface area (TPSA) is 0 Å². The van der Waals surface area contributed by atoms with Gasteiger partial charge in [0.25, 0.3) is 0 Å². The lowest BCUT2D eigenvalue weighted by molar-refractivity contribution is 0.109. The Hall–Kier alpha value is 0. The van der Waals surface area contributed by atoms with Crippen LogP contribution >= 0.6 is 0 Å². The lowest BCUT2D eigenvalue weighted by Crippen LogP contribution is -2.29. The van der Waals surface area contributed by atoms with Crippen LogP contribution in [0, 0.1) is 11.3 Å². The predicted molar refractivity (Wildman–Crippen MR) is 69.1 cm³/mol. The van der Waals surface area contributed by atoms with E-state index in [1.807, 2.05) is 0 Å². The lowest BCUT2D eigenvalue weighted by atomic mass is 9.65. The molecule has 1 atom stereocenters. The number of rotatable bonds is 6. The first-order chi connectivity index (χ1) is 7.23. The maximum absolute atomic E-state index is 2.57. The van der Waals surface area contributed by atoms with Crippen LogP contribution in [0.4, 0.5) is 0 Å². The molecule has 0 heteroatoms. The van der Waals surface area contributed by atoms with Crippen molar-refractivity contribution in [2.75, 3.05) is 0 Å². The van der Waals surface area contributed by atoms with Gasteiger partial charge >= 0.3 is 0 Å². The molecule has 0 heterocycles. The van der Waals surface area contributed by atoms with Gasteiger partial charge < -0.3 is 0 Å². The molecule has 0 saturated heterocycles. The van der Waals surface area contributed by atoms with Gasteiger partial charge in [0.1, 0.15) is 0 Å². The molecule has 1 saturated carbocycles. The van der Waals surface area contributed by atoms with E-state index < -0.39 is 0 Å². The van der Waals surface area contributed by atoms with Gasteiger partial charge in [0.15, 0.2) is 0 Å². The van der Waals surface area contributed by atoms with Gasteiger partial charge in [0.05, 0.1) is 0 Å². The molecule has 0 aliphatic heterocycles. The van der Waals surface area contributed by atoms with Crippen LogP contribution in [0.5, 0.6) is 0 Å². The summed E-state index contributed by atoms with van der Waals surface area (Å²) in [6.07, 6.45) is 14.6. The van der Waals surface area contributed by atoms with Gasteiger partial charge in [-0.2, -0.15) is 0 Å². The fraction of sp³-hybridized carbons (Fsp3) is 1.00. The highest BCUT2D eigenvalue weighted by Gasteiger charge is 2.33. The second-order valence-corrected chi connectivity index (χ2v) is 5.84. The SMILES string of the molecule is CCCCC(C)(CCC)C1CCCCC1. The van der Waals surface area contributed by atoms with Gasteiger partial charge in [-0.1, -0.05) is 59.3 Å². The summed E-state index contributed by atoms with van der Waals surface area (Å²) in [6.45, 7) is 7.25. The molecule has 0 bridgehead atoms. The summed E-state index contributed by atoms with van der Waals surface area (Å²) in [7, 11) is 0. The van der Waals surface area contributed by atoms with Crippen molar-refractivity contribution in [3.63, 3.8) is 0 Å². The summed E-state index contributed by atoms with van der Waals surface area (Å²) in [5.74, 6) is 1.04. The summed E-state index contributed by atoms with van der Waals surface area (Å²) in [4.78, 5) is 0. The van der Waals surface area contributed by atoms with E-state index in [2.05, 4.69) is 20.8 Å². The number of unbranched alkanes of at least 4 members (excludes halogenated alkanes) is 1. The Bertz CT molecular complexity index is 155. The molecule has 1 aliphatic carbocycles. The molecule has 15 heavy (non-hydrogen) atoms. The van der Waals surface area contributed by atoms with Crippen LogP contribution in [0.2, 0.25) is 0 Å². The minimum absolute atomic E-state index is 0.672. The van der Waals surface area contributed by atoms with Crippen LogP contribution in [0.1, 0.15) is 85.0 Å². The summed E-state index contributed by atoms with van der Waals surface area (Å²) in [5, 5.41) is 0. The Labute approximate surface area is 96.8 Å². The third-order valence-electron chi connectivity index (χ3n) is 4.51. The smallest absolute Gasteiger partial charge is 0.0298 e.